The number of aromatic nitrogens is 2. The van der Waals surface area contributed by atoms with Crippen molar-refractivity contribution in [1.82, 2.24) is 15.5 Å². The van der Waals surface area contributed by atoms with Gasteiger partial charge in [-0.25, -0.2) is 5.10 Å². The molecule has 1 aliphatic rings. The maximum atomic E-state index is 11.5. The number of anilines is 1. The molecule has 1 atom stereocenters. The average Bonchev–Trinajstić information content (AvgIpc) is 2.34. The Bertz CT molecular complexity index is 432. The number of aromatic amines is 1. The summed E-state index contributed by atoms with van der Waals surface area (Å²) in [4.78, 5) is 13.6. The fraction of sp³-hybridized carbons (Fsp3) is 0.636. The van der Waals surface area contributed by atoms with Gasteiger partial charge in [0.05, 0.1) is 11.9 Å². The summed E-state index contributed by atoms with van der Waals surface area (Å²) in [6.07, 6.45) is 5.10. The van der Waals surface area contributed by atoms with Gasteiger partial charge in [0.2, 0.25) is 0 Å². The highest BCUT2D eigenvalue weighted by atomic mass is 35.5. The van der Waals surface area contributed by atoms with Crippen LogP contribution < -0.4 is 15.8 Å². The van der Waals surface area contributed by atoms with Gasteiger partial charge in [0.25, 0.3) is 5.56 Å². The van der Waals surface area contributed by atoms with Gasteiger partial charge in [-0.2, -0.15) is 5.10 Å². The lowest BCUT2D eigenvalue weighted by Gasteiger charge is -2.37. The van der Waals surface area contributed by atoms with E-state index in [4.69, 9.17) is 11.6 Å². The first kappa shape index (κ1) is 12.4. The van der Waals surface area contributed by atoms with Crippen molar-refractivity contribution >= 4 is 17.3 Å². The highest BCUT2D eigenvalue weighted by Crippen LogP contribution is 2.27. The quantitative estimate of drug-likeness (QED) is 0.847. The minimum atomic E-state index is -0.321. The van der Waals surface area contributed by atoms with Crippen LogP contribution in [-0.4, -0.2) is 36.4 Å². The van der Waals surface area contributed by atoms with Gasteiger partial charge in [-0.1, -0.05) is 11.6 Å². The largest absolute Gasteiger partial charge is 0.365 e. The predicted octanol–water partition coefficient (Wildman–Crippen LogP) is 1.00. The van der Waals surface area contributed by atoms with Crippen molar-refractivity contribution < 1.29 is 0 Å². The van der Waals surface area contributed by atoms with Crippen LogP contribution in [0.1, 0.15) is 19.3 Å². The maximum Gasteiger partial charge on any atom is 0.285 e. The second-order valence-electron chi connectivity index (χ2n) is 4.30. The van der Waals surface area contributed by atoms with E-state index >= 15 is 0 Å². The lowest BCUT2D eigenvalue weighted by atomic mass is 10.0. The molecule has 17 heavy (non-hydrogen) atoms. The average molecular weight is 257 g/mol. The van der Waals surface area contributed by atoms with E-state index in [1.807, 2.05) is 7.05 Å². The molecule has 0 aromatic carbocycles. The topological polar surface area (TPSA) is 61.0 Å². The molecule has 2 heterocycles. The fourth-order valence-electron chi connectivity index (χ4n) is 2.34. The minimum absolute atomic E-state index is 0.239. The number of likely N-dealkylation sites (N-methyl/N-ethyl adjacent to an activating group) is 1. The van der Waals surface area contributed by atoms with Crippen molar-refractivity contribution in [2.45, 2.75) is 25.3 Å². The Kier molecular flexibility index (Phi) is 4.02. The molecule has 1 aromatic heterocycles. The molecule has 1 aromatic rings. The summed E-state index contributed by atoms with van der Waals surface area (Å²) in [7, 11) is 1.93. The van der Waals surface area contributed by atoms with Crippen molar-refractivity contribution in [2.75, 3.05) is 25.0 Å². The number of rotatable bonds is 3. The van der Waals surface area contributed by atoms with E-state index in [0.717, 1.165) is 31.6 Å². The fourth-order valence-corrected chi connectivity index (χ4v) is 2.54. The van der Waals surface area contributed by atoms with E-state index in [1.165, 1.54) is 6.42 Å². The molecule has 0 aliphatic carbocycles. The highest BCUT2D eigenvalue weighted by Gasteiger charge is 2.24. The van der Waals surface area contributed by atoms with Crippen LogP contribution in [0.4, 0.5) is 5.69 Å². The van der Waals surface area contributed by atoms with E-state index in [9.17, 15) is 4.79 Å². The van der Waals surface area contributed by atoms with Gasteiger partial charge >= 0.3 is 0 Å². The van der Waals surface area contributed by atoms with Gasteiger partial charge in [-0.15, -0.1) is 0 Å². The van der Waals surface area contributed by atoms with E-state index in [0.29, 0.717) is 6.04 Å². The molecular formula is C11H17ClN4O. The number of piperidine rings is 1. The first-order chi connectivity index (χ1) is 8.24. The Morgan fingerprint density at radius 1 is 1.65 bits per heavy atom. The molecule has 0 amide bonds. The summed E-state index contributed by atoms with van der Waals surface area (Å²) < 4.78 is 0. The van der Waals surface area contributed by atoms with Gasteiger partial charge in [-0.3, -0.25) is 4.79 Å². The number of nitrogens with one attached hydrogen (secondary N) is 2. The van der Waals surface area contributed by atoms with Crippen LogP contribution in [0.2, 0.25) is 5.02 Å². The highest BCUT2D eigenvalue weighted by molar-refractivity contribution is 6.33. The zero-order chi connectivity index (χ0) is 12.3. The zero-order valence-electron chi connectivity index (χ0n) is 9.87. The van der Waals surface area contributed by atoms with Crippen LogP contribution in [-0.2, 0) is 0 Å². The Hall–Kier alpha value is -1.07. The van der Waals surface area contributed by atoms with Crippen molar-refractivity contribution in [3.63, 3.8) is 0 Å². The maximum absolute atomic E-state index is 11.5. The van der Waals surface area contributed by atoms with Crippen LogP contribution in [0.5, 0.6) is 0 Å². The van der Waals surface area contributed by atoms with Crippen molar-refractivity contribution in [3.05, 3.63) is 21.6 Å². The normalized spacial score (nSPS) is 20.6. The monoisotopic (exact) mass is 256 g/mol. The molecule has 5 nitrogen and oxygen atoms in total. The van der Waals surface area contributed by atoms with Crippen molar-refractivity contribution in [3.8, 4) is 0 Å². The summed E-state index contributed by atoms with van der Waals surface area (Å²) in [5.74, 6) is 0. The van der Waals surface area contributed by atoms with Crippen LogP contribution in [0.15, 0.2) is 11.0 Å². The third-order valence-electron chi connectivity index (χ3n) is 3.15. The van der Waals surface area contributed by atoms with Gasteiger partial charge in [0.15, 0.2) is 0 Å². The van der Waals surface area contributed by atoms with Gasteiger partial charge in [0.1, 0.15) is 5.02 Å². The van der Waals surface area contributed by atoms with Crippen LogP contribution in [0.25, 0.3) is 0 Å². The predicted molar refractivity (Wildman–Crippen MR) is 68.8 cm³/mol. The van der Waals surface area contributed by atoms with E-state index in [2.05, 4.69) is 20.4 Å². The second-order valence-corrected chi connectivity index (χ2v) is 4.68. The first-order valence-corrected chi connectivity index (χ1v) is 6.26. The van der Waals surface area contributed by atoms with Crippen molar-refractivity contribution in [1.29, 1.82) is 0 Å². The minimum Gasteiger partial charge on any atom is -0.365 e. The van der Waals surface area contributed by atoms with E-state index in [-0.39, 0.29) is 10.6 Å². The van der Waals surface area contributed by atoms with Crippen LogP contribution >= 0.6 is 11.6 Å². The lowest BCUT2D eigenvalue weighted by Crippen LogP contribution is -2.45. The number of hydrogen-bond acceptors (Lipinski definition) is 4. The van der Waals surface area contributed by atoms with Crippen LogP contribution in [0.3, 0.4) is 0 Å². The number of hydrogen-bond donors (Lipinski definition) is 2. The third-order valence-corrected chi connectivity index (χ3v) is 3.52. The van der Waals surface area contributed by atoms with E-state index in [1.54, 1.807) is 6.20 Å². The smallest absolute Gasteiger partial charge is 0.285 e. The zero-order valence-corrected chi connectivity index (χ0v) is 10.6. The summed E-state index contributed by atoms with van der Waals surface area (Å²) in [5, 5.41) is 9.60. The number of nitrogens with zero attached hydrogens (tertiary/aromatic N) is 2. The molecule has 1 fully saturated rings. The first-order valence-electron chi connectivity index (χ1n) is 5.88. The standard InChI is InChI=1S/C11H17ClN4O/c1-13-6-8-4-2-3-5-16(8)9-7-14-15-11(17)10(9)12/h7-8,13H,2-6H2,1H3,(H,15,17). The SMILES string of the molecule is CNCC1CCCCN1c1cn[nH]c(=O)c1Cl. The Labute approximate surface area is 105 Å². The molecule has 2 rings (SSSR count). The molecular weight excluding hydrogens is 240 g/mol. The molecule has 0 spiro atoms. The molecule has 2 N–H and O–H groups in total. The summed E-state index contributed by atoms with van der Waals surface area (Å²) in [6, 6.07) is 0.384. The van der Waals surface area contributed by atoms with Gasteiger partial charge < -0.3 is 10.2 Å². The van der Waals surface area contributed by atoms with Gasteiger partial charge in [0, 0.05) is 19.1 Å². The van der Waals surface area contributed by atoms with Crippen LogP contribution in [0, 0.1) is 0 Å². The number of halogens is 1. The summed E-state index contributed by atoms with van der Waals surface area (Å²) in [6.45, 7) is 1.82. The van der Waals surface area contributed by atoms with Crippen molar-refractivity contribution in [2.24, 2.45) is 0 Å². The Balaban J connectivity index is 2.29. The molecule has 1 saturated heterocycles. The second kappa shape index (κ2) is 5.51. The third kappa shape index (κ3) is 2.61. The molecule has 1 aliphatic heterocycles. The number of H-pyrrole nitrogens is 1. The summed E-state index contributed by atoms with van der Waals surface area (Å²) in [5.41, 5.74) is 0.424. The molecule has 1 unspecified atom stereocenters. The molecule has 0 radical (unpaired) electrons. The molecule has 0 bridgehead atoms. The molecule has 6 heteroatoms. The Morgan fingerprint density at radius 2 is 2.47 bits per heavy atom. The van der Waals surface area contributed by atoms with E-state index < -0.39 is 0 Å². The lowest BCUT2D eigenvalue weighted by molar-refractivity contribution is 0.446. The summed E-state index contributed by atoms with van der Waals surface area (Å²) >= 11 is 6.05. The van der Waals surface area contributed by atoms with Gasteiger partial charge in [-0.05, 0) is 26.3 Å². The molecule has 94 valence electrons. The Morgan fingerprint density at radius 3 is 3.24 bits per heavy atom. The molecule has 0 saturated carbocycles.